The molecule has 0 spiro atoms. The molecule has 5 heteroatoms. The molecule has 0 saturated carbocycles. The standard InChI is InChI=1S/C36H48O2Si3/c1-7-37-39(9-3,10-4)31-23-27-35(28-24-31)41(33-19-15-13-16-20-33,34-21-17-14-18-22-34)36-29-25-32(26-30-36)40(11-5,12-6)38-8-2/h13-30H,7-12H2,1-6H3. The molecule has 0 saturated heterocycles. The van der Waals surface area contributed by atoms with Crippen LogP contribution in [0.2, 0.25) is 24.2 Å². The molecule has 0 amide bonds. The van der Waals surface area contributed by atoms with Crippen molar-refractivity contribution in [1.29, 1.82) is 0 Å². The van der Waals surface area contributed by atoms with E-state index in [1.54, 1.807) is 0 Å². The van der Waals surface area contributed by atoms with E-state index in [-0.39, 0.29) is 0 Å². The molecule has 0 radical (unpaired) electrons. The predicted molar refractivity (Wildman–Crippen MR) is 186 cm³/mol. The lowest BCUT2D eigenvalue weighted by molar-refractivity contribution is 0.330. The highest BCUT2D eigenvalue weighted by atomic mass is 28.4. The van der Waals surface area contributed by atoms with E-state index in [0.717, 1.165) is 37.4 Å². The van der Waals surface area contributed by atoms with Gasteiger partial charge in [0.15, 0.2) is 8.07 Å². The summed E-state index contributed by atoms with van der Waals surface area (Å²) in [6.07, 6.45) is 0. The van der Waals surface area contributed by atoms with Crippen LogP contribution in [-0.2, 0) is 8.85 Å². The van der Waals surface area contributed by atoms with Crippen LogP contribution in [0.4, 0.5) is 0 Å². The average molecular weight is 597 g/mol. The molecule has 4 aromatic carbocycles. The Balaban J connectivity index is 1.98. The van der Waals surface area contributed by atoms with Crippen molar-refractivity contribution in [3.63, 3.8) is 0 Å². The monoisotopic (exact) mass is 596 g/mol. The first-order valence-electron chi connectivity index (χ1n) is 15.6. The van der Waals surface area contributed by atoms with Gasteiger partial charge in [0.1, 0.15) is 0 Å². The Morgan fingerprint density at radius 2 is 0.634 bits per heavy atom. The van der Waals surface area contributed by atoms with Crippen molar-refractivity contribution < 1.29 is 8.85 Å². The Morgan fingerprint density at radius 3 is 0.902 bits per heavy atom. The van der Waals surface area contributed by atoms with Crippen molar-refractivity contribution in [2.24, 2.45) is 0 Å². The maximum absolute atomic E-state index is 6.52. The Hall–Kier alpha value is -2.55. The molecule has 2 nitrogen and oxygen atoms in total. The van der Waals surface area contributed by atoms with Gasteiger partial charge in [0.2, 0.25) is 16.6 Å². The highest BCUT2D eigenvalue weighted by Gasteiger charge is 2.43. The van der Waals surface area contributed by atoms with Crippen molar-refractivity contribution in [3.05, 3.63) is 109 Å². The van der Waals surface area contributed by atoms with Crippen molar-refractivity contribution in [2.45, 2.75) is 65.7 Å². The van der Waals surface area contributed by atoms with Crippen LogP contribution in [0.15, 0.2) is 109 Å². The lowest BCUT2D eigenvalue weighted by Gasteiger charge is -2.36. The van der Waals surface area contributed by atoms with Crippen LogP contribution < -0.4 is 31.1 Å². The Labute approximate surface area is 252 Å². The van der Waals surface area contributed by atoms with Crippen LogP contribution in [-0.4, -0.2) is 37.9 Å². The lowest BCUT2D eigenvalue weighted by atomic mass is 10.3. The Bertz CT molecular complexity index is 1220. The van der Waals surface area contributed by atoms with E-state index in [0.29, 0.717) is 0 Å². The summed E-state index contributed by atoms with van der Waals surface area (Å²) in [5.41, 5.74) is 0. The second-order valence-corrected chi connectivity index (χ2v) is 23.3. The third-order valence-electron chi connectivity index (χ3n) is 9.23. The van der Waals surface area contributed by atoms with Crippen molar-refractivity contribution in [3.8, 4) is 0 Å². The van der Waals surface area contributed by atoms with Crippen LogP contribution in [0.25, 0.3) is 0 Å². The molecule has 0 aliphatic rings. The van der Waals surface area contributed by atoms with Gasteiger partial charge in [-0.25, -0.2) is 0 Å². The van der Waals surface area contributed by atoms with Crippen molar-refractivity contribution >= 4 is 55.8 Å². The van der Waals surface area contributed by atoms with Crippen LogP contribution in [0.1, 0.15) is 41.5 Å². The van der Waals surface area contributed by atoms with Gasteiger partial charge >= 0.3 is 0 Å². The topological polar surface area (TPSA) is 18.5 Å². The molecule has 41 heavy (non-hydrogen) atoms. The number of hydrogen-bond acceptors (Lipinski definition) is 2. The molecule has 0 aliphatic heterocycles. The zero-order valence-electron chi connectivity index (χ0n) is 26.0. The van der Waals surface area contributed by atoms with Crippen LogP contribution >= 0.6 is 0 Å². The molecule has 4 aromatic rings. The zero-order chi connectivity index (χ0) is 29.3. The van der Waals surface area contributed by atoms with Gasteiger partial charge in [0, 0.05) is 13.2 Å². The summed E-state index contributed by atoms with van der Waals surface area (Å²) in [5, 5.41) is 8.46. The maximum atomic E-state index is 6.52. The summed E-state index contributed by atoms with van der Waals surface area (Å²) in [5.74, 6) is 0. The fourth-order valence-electron chi connectivity index (χ4n) is 6.87. The smallest absolute Gasteiger partial charge is 0.223 e. The number of hydrogen-bond donors (Lipinski definition) is 0. The molecule has 0 unspecified atom stereocenters. The number of rotatable bonds is 14. The van der Waals surface area contributed by atoms with E-state index in [4.69, 9.17) is 8.85 Å². The summed E-state index contributed by atoms with van der Waals surface area (Å²) in [6, 6.07) is 46.1. The SMILES string of the molecule is CCO[Si](CC)(CC)c1ccc([Si](c2ccccc2)(c2ccccc2)c2ccc([Si](CC)(CC)OCC)cc2)cc1. The lowest BCUT2D eigenvalue weighted by Crippen LogP contribution is -2.75. The Kier molecular flexibility index (Phi) is 10.8. The summed E-state index contributed by atoms with van der Waals surface area (Å²) >= 11 is 0. The first-order chi connectivity index (χ1) is 20.0. The molecule has 0 fully saturated rings. The summed E-state index contributed by atoms with van der Waals surface area (Å²) in [7, 11) is -6.55. The molecule has 4 rings (SSSR count). The molecular formula is C36H48O2Si3. The normalized spacial score (nSPS) is 12.4. The van der Waals surface area contributed by atoms with Gasteiger partial charge in [-0.15, -0.1) is 0 Å². The zero-order valence-corrected chi connectivity index (χ0v) is 29.0. The number of benzene rings is 4. The van der Waals surface area contributed by atoms with Gasteiger partial charge in [-0.3, -0.25) is 0 Å². The summed E-state index contributed by atoms with van der Waals surface area (Å²) in [6.45, 7) is 15.0. The van der Waals surface area contributed by atoms with E-state index in [1.165, 1.54) is 31.1 Å². The van der Waals surface area contributed by atoms with Crippen molar-refractivity contribution in [2.75, 3.05) is 13.2 Å². The van der Waals surface area contributed by atoms with E-state index >= 15 is 0 Å². The minimum Gasteiger partial charge on any atom is -0.413 e. The summed E-state index contributed by atoms with van der Waals surface area (Å²) in [4.78, 5) is 0. The minimum atomic E-state index is -2.59. The molecule has 0 heterocycles. The van der Waals surface area contributed by atoms with Crippen molar-refractivity contribution in [1.82, 2.24) is 0 Å². The molecule has 0 atom stereocenters. The van der Waals surface area contributed by atoms with Gasteiger partial charge < -0.3 is 8.85 Å². The highest BCUT2D eigenvalue weighted by molar-refractivity contribution is 7.20. The fraction of sp³-hybridized carbons (Fsp3) is 0.333. The van der Waals surface area contributed by atoms with Gasteiger partial charge in [0.05, 0.1) is 0 Å². The van der Waals surface area contributed by atoms with Crippen LogP contribution in [0.3, 0.4) is 0 Å². The quantitative estimate of drug-likeness (QED) is 0.141. The Morgan fingerprint density at radius 1 is 0.366 bits per heavy atom. The first kappa shape index (κ1) is 31.4. The highest BCUT2D eigenvalue weighted by Crippen LogP contribution is 2.19. The molecule has 0 aliphatic carbocycles. The fourth-order valence-corrected chi connectivity index (χ4v) is 18.0. The second-order valence-electron chi connectivity index (χ2n) is 10.9. The van der Waals surface area contributed by atoms with E-state index in [9.17, 15) is 0 Å². The molecular weight excluding hydrogens is 549 g/mol. The largest absolute Gasteiger partial charge is 0.413 e. The van der Waals surface area contributed by atoms with E-state index < -0.39 is 24.7 Å². The third kappa shape index (κ3) is 5.88. The average Bonchev–Trinajstić information content (AvgIpc) is 3.05. The van der Waals surface area contributed by atoms with Crippen LogP contribution in [0.5, 0.6) is 0 Å². The third-order valence-corrected chi connectivity index (χ3v) is 23.0. The maximum Gasteiger partial charge on any atom is 0.223 e. The second kappa shape index (κ2) is 14.1. The van der Waals surface area contributed by atoms with E-state index in [1.807, 2.05) is 0 Å². The molecule has 0 N–H and O–H groups in total. The minimum absolute atomic E-state index is 0.775. The summed E-state index contributed by atoms with van der Waals surface area (Å²) < 4.78 is 13.0. The van der Waals surface area contributed by atoms with Gasteiger partial charge in [-0.2, -0.15) is 0 Å². The first-order valence-corrected chi connectivity index (χ1v) is 22.3. The predicted octanol–water partition coefficient (Wildman–Crippen LogP) is 5.52. The van der Waals surface area contributed by atoms with Gasteiger partial charge in [0.25, 0.3) is 0 Å². The molecule has 0 bridgehead atoms. The van der Waals surface area contributed by atoms with Gasteiger partial charge in [-0.05, 0) is 69.1 Å². The van der Waals surface area contributed by atoms with E-state index in [2.05, 4.69) is 151 Å². The molecule has 0 aromatic heterocycles. The van der Waals surface area contributed by atoms with Crippen LogP contribution in [0, 0.1) is 0 Å². The molecule has 216 valence electrons. The van der Waals surface area contributed by atoms with Gasteiger partial charge in [-0.1, -0.05) is 137 Å².